The van der Waals surface area contributed by atoms with Crippen LogP contribution in [0.25, 0.3) is 6.08 Å². The van der Waals surface area contributed by atoms with Gasteiger partial charge < -0.3 is 13.9 Å². The Morgan fingerprint density at radius 3 is 2.73 bits per heavy atom. The number of aromatic nitrogens is 1. The van der Waals surface area contributed by atoms with Crippen molar-refractivity contribution < 1.29 is 18.7 Å². The summed E-state index contributed by atoms with van der Waals surface area (Å²) < 4.78 is 19.7. The lowest BCUT2D eigenvalue weighted by molar-refractivity contribution is -0.139. The van der Waals surface area contributed by atoms with Gasteiger partial charge in [-0.15, -0.1) is 0 Å². The van der Waals surface area contributed by atoms with Crippen molar-refractivity contribution in [1.29, 1.82) is 0 Å². The van der Waals surface area contributed by atoms with Crippen LogP contribution in [0.15, 0.2) is 61.9 Å². The second-order valence-corrected chi connectivity index (χ2v) is 9.72. The zero-order valence-corrected chi connectivity index (χ0v) is 21.6. The summed E-state index contributed by atoms with van der Waals surface area (Å²) in [6.45, 7) is 7.59. The van der Waals surface area contributed by atoms with E-state index in [0.717, 1.165) is 3.77 Å². The summed E-state index contributed by atoms with van der Waals surface area (Å²) in [7, 11) is 0. The van der Waals surface area contributed by atoms with E-state index < -0.39 is 12.0 Å². The van der Waals surface area contributed by atoms with Gasteiger partial charge in [0.05, 0.1) is 28.5 Å². The van der Waals surface area contributed by atoms with Gasteiger partial charge >= 0.3 is 5.97 Å². The minimum atomic E-state index is -0.728. The number of fused-ring (bicyclic) bond motifs is 1. The highest BCUT2D eigenvalue weighted by Crippen LogP contribution is 2.36. The molecule has 0 radical (unpaired) electrons. The SMILES string of the molecule is CCOC(=O)C1=C(C)N=c2s/c(=C/c3ccc(I)o3)c(=O)n2[C@H]1c1ccccc1OC(C)C. The number of hydrogen-bond acceptors (Lipinski definition) is 7. The molecule has 3 heterocycles. The third-order valence-corrected chi connectivity index (χ3v) is 6.52. The first-order valence-corrected chi connectivity index (χ1v) is 12.4. The van der Waals surface area contributed by atoms with E-state index in [0.29, 0.717) is 37.7 Å². The Labute approximate surface area is 208 Å². The Bertz CT molecular complexity index is 1410. The second-order valence-electron chi connectivity index (χ2n) is 7.65. The van der Waals surface area contributed by atoms with Crippen LogP contribution in [0.5, 0.6) is 5.75 Å². The van der Waals surface area contributed by atoms with E-state index in [1.165, 1.54) is 11.3 Å². The number of rotatable bonds is 6. The van der Waals surface area contributed by atoms with Gasteiger partial charge in [-0.05, 0) is 68.5 Å². The minimum Gasteiger partial charge on any atom is -0.491 e. The van der Waals surface area contributed by atoms with Gasteiger partial charge in [-0.3, -0.25) is 9.36 Å². The van der Waals surface area contributed by atoms with Crippen LogP contribution < -0.4 is 19.6 Å². The van der Waals surface area contributed by atoms with Gasteiger partial charge in [-0.25, -0.2) is 9.79 Å². The van der Waals surface area contributed by atoms with Gasteiger partial charge in [0, 0.05) is 11.6 Å². The third-order valence-electron chi connectivity index (χ3n) is 4.96. The molecule has 0 amide bonds. The molecule has 0 fully saturated rings. The highest BCUT2D eigenvalue weighted by molar-refractivity contribution is 14.1. The number of ether oxygens (including phenoxy) is 2. The Kier molecular flexibility index (Phi) is 6.89. The van der Waals surface area contributed by atoms with Crippen LogP contribution >= 0.6 is 33.9 Å². The number of nitrogens with zero attached hydrogens (tertiary/aromatic N) is 2. The standard InChI is InChI=1S/C24H23IN2O5S/c1-5-30-23(29)20-14(4)26-24-27(21(20)16-8-6-7-9-17(16)31-13(2)3)22(28)18(33-24)12-15-10-11-19(25)32-15/h6-13,21H,5H2,1-4H3/b18-12+/t21-/m0/s1. The van der Waals surface area contributed by atoms with Crippen molar-refractivity contribution in [2.75, 3.05) is 6.61 Å². The average Bonchev–Trinajstić information content (AvgIpc) is 3.30. The smallest absolute Gasteiger partial charge is 0.338 e. The van der Waals surface area contributed by atoms with Crippen molar-refractivity contribution in [3.8, 4) is 5.75 Å². The molecule has 0 unspecified atom stereocenters. The van der Waals surface area contributed by atoms with Gasteiger partial charge in [-0.2, -0.15) is 0 Å². The van der Waals surface area contributed by atoms with E-state index >= 15 is 0 Å². The minimum absolute atomic E-state index is 0.0838. The summed E-state index contributed by atoms with van der Waals surface area (Å²) in [5, 5.41) is 0. The molecular weight excluding hydrogens is 555 g/mol. The van der Waals surface area contributed by atoms with Crippen LogP contribution in [0, 0.1) is 3.77 Å². The maximum Gasteiger partial charge on any atom is 0.338 e. The van der Waals surface area contributed by atoms with Gasteiger partial charge in [-0.1, -0.05) is 29.5 Å². The normalized spacial score (nSPS) is 16.1. The number of furan rings is 1. The second kappa shape index (κ2) is 9.68. The summed E-state index contributed by atoms with van der Waals surface area (Å²) in [6.07, 6.45) is 1.61. The fourth-order valence-corrected chi connectivity index (χ4v) is 5.15. The van der Waals surface area contributed by atoms with Crippen molar-refractivity contribution in [3.05, 3.63) is 82.4 Å². The number of allylic oxidation sites excluding steroid dienone is 1. The van der Waals surface area contributed by atoms with Gasteiger partial charge in [0.2, 0.25) is 0 Å². The molecule has 0 aliphatic carbocycles. The molecule has 2 aromatic heterocycles. The largest absolute Gasteiger partial charge is 0.491 e. The lowest BCUT2D eigenvalue weighted by Gasteiger charge is -2.26. The fourth-order valence-electron chi connectivity index (χ4n) is 3.69. The molecule has 1 aliphatic rings. The molecule has 1 atom stereocenters. The summed E-state index contributed by atoms with van der Waals surface area (Å²) in [5.41, 5.74) is 1.27. The molecule has 3 aromatic rings. The summed E-state index contributed by atoms with van der Waals surface area (Å²) in [4.78, 5) is 31.7. The Morgan fingerprint density at radius 2 is 2.06 bits per heavy atom. The number of benzene rings is 1. The lowest BCUT2D eigenvalue weighted by atomic mass is 9.95. The van der Waals surface area contributed by atoms with E-state index in [1.807, 2.05) is 44.2 Å². The zero-order valence-electron chi connectivity index (χ0n) is 18.6. The zero-order chi connectivity index (χ0) is 23.7. The molecule has 0 spiro atoms. The average molecular weight is 578 g/mol. The highest BCUT2D eigenvalue weighted by atomic mass is 127. The van der Waals surface area contributed by atoms with Crippen molar-refractivity contribution in [3.63, 3.8) is 0 Å². The molecule has 9 heteroatoms. The van der Waals surface area contributed by atoms with Crippen LogP contribution in [0.3, 0.4) is 0 Å². The Morgan fingerprint density at radius 1 is 1.30 bits per heavy atom. The molecule has 1 aliphatic heterocycles. The third kappa shape index (κ3) is 4.70. The quantitative estimate of drug-likeness (QED) is 0.329. The van der Waals surface area contributed by atoms with Crippen LogP contribution in [0.2, 0.25) is 0 Å². The first-order chi connectivity index (χ1) is 15.8. The van der Waals surface area contributed by atoms with E-state index in [-0.39, 0.29) is 18.3 Å². The molecule has 4 rings (SSSR count). The van der Waals surface area contributed by atoms with Gasteiger partial charge in [0.25, 0.3) is 5.56 Å². The van der Waals surface area contributed by atoms with Gasteiger partial charge in [0.15, 0.2) is 8.57 Å². The maximum atomic E-state index is 13.6. The maximum absolute atomic E-state index is 13.6. The molecule has 0 saturated heterocycles. The van der Waals surface area contributed by atoms with Gasteiger partial charge in [0.1, 0.15) is 17.6 Å². The first-order valence-electron chi connectivity index (χ1n) is 10.5. The first kappa shape index (κ1) is 23.5. The molecule has 7 nitrogen and oxygen atoms in total. The van der Waals surface area contributed by atoms with Crippen LogP contribution in [-0.4, -0.2) is 23.2 Å². The summed E-state index contributed by atoms with van der Waals surface area (Å²) in [6, 6.07) is 10.3. The predicted molar refractivity (Wildman–Crippen MR) is 134 cm³/mol. The Hall–Kier alpha value is -2.66. The van der Waals surface area contributed by atoms with E-state index in [1.54, 1.807) is 30.6 Å². The molecule has 172 valence electrons. The monoisotopic (exact) mass is 578 g/mol. The molecule has 0 bridgehead atoms. The topological polar surface area (TPSA) is 83.0 Å². The van der Waals surface area contributed by atoms with Crippen LogP contribution in [0.1, 0.15) is 45.1 Å². The van der Waals surface area contributed by atoms with E-state index in [2.05, 4.69) is 27.6 Å². The highest BCUT2D eigenvalue weighted by Gasteiger charge is 2.35. The number of thiazole rings is 1. The number of carbonyl (C=O) groups is 1. The van der Waals surface area contributed by atoms with Crippen molar-refractivity contribution >= 4 is 46.0 Å². The number of esters is 1. The van der Waals surface area contributed by atoms with Crippen LogP contribution in [-0.2, 0) is 9.53 Å². The lowest BCUT2D eigenvalue weighted by Crippen LogP contribution is -2.40. The predicted octanol–water partition coefficient (Wildman–Crippen LogP) is 3.78. The van der Waals surface area contributed by atoms with E-state index in [9.17, 15) is 9.59 Å². The number of hydrogen-bond donors (Lipinski definition) is 0. The molecule has 33 heavy (non-hydrogen) atoms. The number of halogens is 1. The number of carbonyl (C=O) groups excluding carboxylic acids is 1. The molecule has 1 aromatic carbocycles. The van der Waals surface area contributed by atoms with Crippen LogP contribution in [0.4, 0.5) is 0 Å². The molecular formula is C24H23IN2O5S. The summed E-state index contributed by atoms with van der Waals surface area (Å²) >= 11 is 3.33. The fraction of sp³-hybridized carbons (Fsp3) is 0.292. The number of para-hydroxylation sites is 1. The van der Waals surface area contributed by atoms with Crippen molar-refractivity contribution in [1.82, 2.24) is 4.57 Å². The molecule has 0 saturated carbocycles. The molecule has 0 N–H and O–H groups in total. The van der Waals surface area contributed by atoms with E-state index in [4.69, 9.17) is 13.9 Å². The van der Waals surface area contributed by atoms with Crippen molar-refractivity contribution in [2.45, 2.75) is 39.8 Å². The summed E-state index contributed by atoms with van der Waals surface area (Å²) in [5.74, 6) is 0.674. The van der Waals surface area contributed by atoms with Crippen molar-refractivity contribution in [2.24, 2.45) is 4.99 Å². The Balaban J connectivity index is 1.98.